The Hall–Kier alpha value is -1.33. The van der Waals surface area contributed by atoms with Crippen LogP contribution in [0.25, 0.3) is 0 Å². The lowest BCUT2D eigenvalue weighted by molar-refractivity contribution is 0.244. The molecule has 0 aromatic heterocycles. The smallest absolute Gasteiger partial charge is 0.0741 e. The molecule has 1 N–H and O–H groups in total. The topological polar surface area (TPSA) is 44.0 Å². The fourth-order valence-electron chi connectivity index (χ4n) is 2.13. The lowest BCUT2D eigenvalue weighted by atomic mass is 9.82. The molecular formula is C14H19NO. The SMILES string of the molecule is CCCC(CCO)C(C#N)c1ccccc1. The molecule has 2 atom stereocenters. The summed E-state index contributed by atoms with van der Waals surface area (Å²) in [6.07, 6.45) is 2.75. The first-order chi connectivity index (χ1) is 7.83. The summed E-state index contributed by atoms with van der Waals surface area (Å²) < 4.78 is 0. The van der Waals surface area contributed by atoms with E-state index in [-0.39, 0.29) is 18.4 Å². The lowest BCUT2D eigenvalue weighted by Crippen LogP contribution is -2.13. The maximum absolute atomic E-state index is 9.27. The number of benzene rings is 1. The van der Waals surface area contributed by atoms with Crippen molar-refractivity contribution < 1.29 is 5.11 Å². The average molecular weight is 217 g/mol. The number of aliphatic hydroxyl groups excluding tert-OH is 1. The van der Waals surface area contributed by atoms with Gasteiger partial charge in [-0.3, -0.25) is 0 Å². The van der Waals surface area contributed by atoms with Gasteiger partial charge >= 0.3 is 0 Å². The van der Waals surface area contributed by atoms with Crippen molar-refractivity contribution in [2.75, 3.05) is 6.61 Å². The highest BCUT2D eigenvalue weighted by molar-refractivity contribution is 5.25. The molecule has 16 heavy (non-hydrogen) atoms. The molecule has 0 heterocycles. The molecule has 0 bridgehead atoms. The van der Waals surface area contributed by atoms with E-state index in [1.165, 1.54) is 0 Å². The predicted octanol–water partition coefficient (Wildman–Crippen LogP) is 3.09. The molecule has 0 spiro atoms. The molecule has 0 fully saturated rings. The summed E-state index contributed by atoms with van der Waals surface area (Å²) in [5, 5.41) is 18.3. The summed E-state index contributed by atoms with van der Waals surface area (Å²) in [4.78, 5) is 0. The van der Waals surface area contributed by atoms with Gasteiger partial charge < -0.3 is 5.11 Å². The highest BCUT2D eigenvalue weighted by atomic mass is 16.3. The van der Waals surface area contributed by atoms with Gasteiger partial charge in [0.15, 0.2) is 0 Å². The van der Waals surface area contributed by atoms with Crippen LogP contribution in [0.1, 0.15) is 37.7 Å². The molecule has 0 aliphatic rings. The molecule has 1 aromatic carbocycles. The van der Waals surface area contributed by atoms with Gasteiger partial charge in [-0.15, -0.1) is 0 Å². The third kappa shape index (κ3) is 3.36. The van der Waals surface area contributed by atoms with Crippen molar-refractivity contribution >= 4 is 0 Å². The summed E-state index contributed by atoms with van der Waals surface area (Å²) in [5.74, 6) is 0.177. The van der Waals surface area contributed by atoms with Crippen LogP contribution in [0.3, 0.4) is 0 Å². The molecule has 1 aromatic rings. The van der Waals surface area contributed by atoms with Crippen LogP contribution in [0.5, 0.6) is 0 Å². The van der Waals surface area contributed by atoms with E-state index in [4.69, 9.17) is 5.11 Å². The van der Waals surface area contributed by atoms with E-state index in [2.05, 4.69) is 13.0 Å². The molecular weight excluding hydrogens is 198 g/mol. The van der Waals surface area contributed by atoms with Crippen LogP contribution in [-0.2, 0) is 0 Å². The first-order valence-corrected chi connectivity index (χ1v) is 5.88. The molecule has 0 saturated heterocycles. The summed E-state index contributed by atoms with van der Waals surface area (Å²) in [7, 11) is 0. The summed E-state index contributed by atoms with van der Waals surface area (Å²) in [6.45, 7) is 2.28. The second kappa shape index (κ2) is 7.03. The molecule has 86 valence electrons. The number of nitrogens with zero attached hydrogens (tertiary/aromatic N) is 1. The summed E-state index contributed by atoms with van der Waals surface area (Å²) in [6, 6.07) is 12.2. The van der Waals surface area contributed by atoms with Crippen LogP contribution in [-0.4, -0.2) is 11.7 Å². The van der Waals surface area contributed by atoms with Crippen LogP contribution >= 0.6 is 0 Å². The van der Waals surface area contributed by atoms with Crippen LogP contribution in [0.15, 0.2) is 30.3 Å². The van der Waals surface area contributed by atoms with E-state index < -0.39 is 0 Å². The van der Waals surface area contributed by atoms with Crippen molar-refractivity contribution in [3.63, 3.8) is 0 Å². The highest BCUT2D eigenvalue weighted by Crippen LogP contribution is 2.29. The van der Waals surface area contributed by atoms with Crippen LogP contribution < -0.4 is 0 Å². The molecule has 0 saturated carbocycles. The van der Waals surface area contributed by atoms with Crippen molar-refractivity contribution in [3.05, 3.63) is 35.9 Å². The van der Waals surface area contributed by atoms with Crippen molar-refractivity contribution in [2.24, 2.45) is 5.92 Å². The van der Waals surface area contributed by atoms with Crippen molar-refractivity contribution in [1.82, 2.24) is 0 Å². The van der Waals surface area contributed by atoms with Gasteiger partial charge in [-0.05, 0) is 24.3 Å². The normalized spacial score (nSPS) is 14.1. The van der Waals surface area contributed by atoms with Gasteiger partial charge in [-0.1, -0.05) is 43.7 Å². The van der Waals surface area contributed by atoms with Gasteiger partial charge in [0.05, 0.1) is 12.0 Å². The fourth-order valence-corrected chi connectivity index (χ4v) is 2.13. The zero-order valence-corrected chi connectivity index (χ0v) is 9.76. The third-order valence-corrected chi connectivity index (χ3v) is 2.93. The van der Waals surface area contributed by atoms with E-state index in [0.717, 1.165) is 18.4 Å². The number of hydrogen-bond donors (Lipinski definition) is 1. The molecule has 0 amide bonds. The van der Waals surface area contributed by atoms with Crippen molar-refractivity contribution in [2.45, 2.75) is 32.1 Å². The second-order valence-corrected chi connectivity index (χ2v) is 4.08. The number of nitriles is 1. The first-order valence-electron chi connectivity index (χ1n) is 5.88. The monoisotopic (exact) mass is 217 g/mol. The van der Waals surface area contributed by atoms with Crippen molar-refractivity contribution in [1.29, 1.82) is 5.26 Å². The lowest BCUT2D eigenvalue weighted by Gasteiger charge is -2.20. The Morgan fingerprint density at radius 3 is 2.44 bits per heavy atom. The van der Waals surface area contributed by atoms with Gasteiger partial charge in [0.25, 0.3) is 0 Å². The Morgan fingerprint density at radius 1 is 1.25 bits per heavy atom. The summed E-state index contributed by atoms with van der Waals surface area (Å²) in [5.41, 5.74) is 1.07. The second-order valence-electron chi connectivity index (χ2n) is 4.08. The Morgan fingerprint density at radius 2 is 1.94 bits per heavy atom. The zero-order chi connectivity index (χ0) is 11.8. The van der Waals surface area contributed by atoms with E-state index >= 15 is 0 Å². The molecule has 2 heteroatoms. The fraction of sp³-hybridized carbons (Fsp3) is 0.500. The number of aliphatic hydroxyl groups is 1. The van der Waals surface area contributed by atoms with Gasteiger partial charge in [0.1, 0.15) is 0 Å². The zero-order valence-electron chi connectivity index (χ0n) is 9.76. The summed E-state index contributed by atoms with van der Waals surface area (Å²) >= 11 is 0. The molecule has 2 nitrogen and oxygen atoms in total. The van der Waals surface area contributed by atoms with E-state index in [1.54, 1.807) is 0 Å². The average Bonchev–Trinajstić information content (AvgIpc) is 2.32. The molecule has 2 unspecified atom stereocenters. The molecule has 0 radical (unpaired) electrons. The number of hydrogen-bond acceptors (Lipinski definition) is 2. The first kappa shape index (κ1) is 12.7. The molecule has 0 aliphatic carbocycles. The Bertz CT molecular complexity index is 322. The van der Waals surface area contributed by atoms with Gasteiger partial charge in [0.2, 0.25) is 0 Å². The Labute approximate surface area is 97.5 Å². The van der Waals surface area contributed by atoms with Crippen LogP contribution in [0.2, 0.25) is 0 Å². The van der Waals surface area contributed by atoms with Crippen LogP contribution in [0.4, 0.5) is 0 Å². The number of rotatable bonds is 6. The van der Waals surface area contributed by atoms with Crippen molar-refractivity contribution in [3.8, 4) is 6.07 Å². The highest BCUT2D eigenvalue weighted by Gasteiger charge is 2.21. The maximum atomic E-state index is 9.27. The minimum Gasteiger partial charge on any atom is -0.396 e. The van der Waals surface area contributed by atoms with Gasteiger partial charge in [-0.25, -0.2) is 0 Å². The third-order valence-electron chi connectivity index (χ3n) is 2.93. The van der Waals surface area contributed by atoms with Gasteiger partial charge in [-0.2, -0.15) is 5.26 Å². The van der Waals surface area contributed by atoms with E-state index in [9.17, 15) is 5.26 Å². The van der Waals surface area contributed by atoms with Gasteiger partial charge in [0, 0.05) is 6.61 Å². The van der Waals surface area contributed by atoms with E-state index in [0.29, 0.717) is 6.42 Å². The predicted molar refractivity (Wildman–Crippen MR) is 64.9 cm³/mol. The van der Waals surface area contributed by atoms with E-state index in [1.807, 2.05) is 30.3 Å². The largest absolute Gasteiger partial charge is 0.396 e. The molecule has 1 rings (SSSR count). The Balaban J connectivity index is 2.83. The quantitative estimate of drug-likeness (QED) is 0.795. The molecule has 0 aliphatic heterocycles. The minimum absolute atomic E-state index is 0.0895. The van der Waals surface area contributed by atoms with Crippen LogP contribution in [0, 0.1) is 17.2 Å². The minimum atomic E-state index is -0.0895. The standard InChI is InChI=1S/C14H19NO/c1-2-6-12(9-10-16)14(11-15)13-7-4-3-5-8-13/h3-5,7-8,12,14,16H,2,6,9-10H2,1H3. The Kier molecular flexibility index (Phi) is 5.60. The maximum Gasteiger partial charge on any atom is 0.0741 e.